The predicted octanol–water partition coefficient (Wildman–Crippen LogP) is 4.46. The van der Waals surface area contributed by atoms with Gasteiger partial charge >= 0.3 is 6.03 Å². The second-order valence-electron chi connectivity index (χ2n) is 7.09. The van der Waals surface area contributed by atoms with Crippen molar-refractivity contribution in [2.24, 2.45) is 0 Å². The number of H-pyrrole nitrogens is 1. The molecule has 0 aliphatic heterocycles. The van der Waals surface area contributed by atoms with Crippen LogP contribution >= 0.6 is 0 Å². The summed E-state index contributed by atoms with van der Waals surface area (Å²) in [5.41, 5.74) is 4.39. The third kappa shape index (κ3) is 3.69. The molecule has 1 aromatic heterocycles. The summed E-state index contributed by atoms with van der Waals surface area (Å²) in [4.78, 5) is 18.2. The average Bonchev–Trinajstić information content (AvgIpc) is 3.16. The van der Waals surface area contributed by atoms with Crippen molar-refractivity contribution in [3.8, 4) is 0 Å². The summed E-state index contributed by atoms with van der Waals surface area (Å²) in [6.45, 7) is 0.612. The van der Waals surface area contributed by atoms with Crippen molar-refractivity contribution in [1.29, 1.82) is 0 Å². The number of carbonyl (C=O) groups is 1. The van der Waals surface area contributed by atoms with E-state index in [9.17, 15) is 9.90 Å². The molecule has 1 aliphatic carbocycles. The maximum absolute atomic E-state index is 13.1. The molecule has 0 spiro atoms. The summed E-state index contributed by atoms with van der Waals surface area (Å²) in [7, 11) is 0. The van der Waals surface area contributed by atoms with Crippen molar-refractivity contribution in [3.05, 3.63) is 65.9 Å². The SMILES string of the molecule is O=C(Nc1ccc2[nH]ccc2c1)N(CCCO)C1CCCc2ccccc21. The Morgan fingerprint density at radius 3 is 3.00 bits per heavy atom. The number of aryl methyl sites for hydroxylation is 1. The molecule has 2 amide bonds. The number of carbonyl (C=O) groups excluding carboxylic acids is 1. The molecule has 3 aromatic rings. The summed E-state index contributed by atoms with van der Waals surface area (Å²) < 4.78 is 0. The second-order valence-corrected chi connectivity index (χ2v) is 7.09. The zero-order valence-electron chi connectivity index (χ0n) is 15.3. The van der Waals surface area contributed by atoms with Gasteiger partial charge in [0.05, 0.1) is 6.04 Å². The molecule has 140 valence electrons. The van der Waals surface area contributed by atoms with E-state index < -0.39 is 0 Å². The minimum absolute atomic E-state index is 0.0532. The quantitative estimate of drug-likeness (QED) is 0.626. The molecule has 0 saturated heterocycles. The van der Waals surface area contributed by atoms with E-state index in [1.807, 2.05) is 41.4 Å². The highest BCUT2D eigenvalue weighted by Crippen LogP contribution is 2.34. The fraction of sp³-hybridized carbons (Fsp3) is 0.318. The lowest BCUT2D eigenvalue weighted by molar-refractivity contribution is 0.169. The number of nitrogens with zero attached hydrogens (tertiary/aromatic N) is 1. The van der Waals surface area contributed by atoms with E-state index in [4.69, 9.17) is 0 Å². The van der Waals surface area contributed by atoms with Crippen molar-refractivity contribution in [2.75, 3.05) is 18.5 Å². The number of fused-ring (bicyclic) bond motifs is 2. The highest BCUT2D eigenvalue weighted by Gasteiger charge is 2.29. The predicted molar refractivity (Wildman–Crippen MR) is 108 cm³/mol. The molecule has 0 fully saturated rings. The van der Waals surface area contributed by atoms with Gasteiger partial charge in [-0.1, -0.05) is 24.3 Å². The van der Waals surface area contributed by atoms with Gasteiger partial charge in [-0.25, -0.2) is 4.79 Å². The normalized spacial score (nSPS) is 16.1. The molecule has 1 atom stereocenters. The minimum Gasteiger partial charge on any atom is -0.396 e. The third-order valence-corrected chi connectivity index (χ3v) is 5.34. The van der Waals surface area contributed by atoms with Crippen LogP contribution in [0.2, 0.25) is 0 Å². The van der Waals surface area contributed by atoms with Gasteiger partial charge in [-0.15, -0.1) is 0 Å². The molecular weight excluding hydrogens is 338 g/mol. The highest BCUT2D eigenvalue weighted by molar-refractivity contribution is 5.93. The molecule has 0 saturated carbocycles. The van der Waals surface area contributed by atoms with E-state index in [1.54, 1.807) is 0 Å². The highest BCUT2D eigenvalue weighted by atomic mass is 16.3. The van der Waals surface area contributed by atoms with Crippen LogP contribution in [0.3, 0.4) is 0 Å². The molecule has 5 nitrogen and oxygen atoms in total. The number of hydrogen-bond acceptors (Lipinski definition) is 2. The van der Waals surface area contributed by atoms with E-state index in [0.717, 1.165) is 35.9 Å². The van der Waals surface area contributed by atoms with Crippen LogP contribution in [0, 0.1) is 0 Å². The summed E-state index contributed by atoms with van der Waals surface area (Å²) in [6.07, 6.45) is 5.55. The first-order valence-corrected chi connectivity index (χ1v) is 9.59. The number of hydrogen-bond donors (Lipinski definition) is 3. The molecule has 27 heavy (non-hydrogen) atoms. The van der Waals surface area contributed by atoms with Crippen molar-refractivity contribution in [3.63, 3.8) is 0 Å². The number of aromatic nitrogens is 1. The van der Waals surface area contributed by atoms with Gasteiger partial charge < -0.3 is 20.3 Å². The Morgan fingerprint density at radius 2 is 2.11 bits per heavy atom. The number of nitrogens with one attached hydrogen (secondary N) is 2. The number of benzene rings is 2. The third-order valence-electron chi connectivity index (χ3n) is 5.34. The Hall–Kier alpha value is -2.79. The molecule has 4 rings (SSSR count). The van der Waals surface area contributed by atoms with Crippen molar-refractivity contribution in [2.45, 2.75) is 31.7 Å². The second kappa shape index (κ2) is 7.84. The van der Waals surface area contributed by atoms with Gasteiger partial charge in [-0.05, 0) is 61.1 Å². The summed E-state index contributed by atoms with van der Waals surface area (Å²) >= 11 is 0. The summed E-state index contributed by atoms with van der Waals surface area (Å²) in [6, 6.07) is 16.2. The van der Waals surface area contributed by atoms with Crippen LogP contribution in [0.4, 0.5) is 10.5 Å². The van der Waals surface area contributed by atoms with Crippen LogP contribution < -0.4 is 5.32 Å². The Balaban J connectivity index is 1.58. The Bertz CT molecular complexity index is 934. The van der Waals surface area contributed by atoms with E-state index in [1.165, 1.54) is 11.1 Å². The monoisotopic (exact) mass is 363 g/mol. The molecule has 0 bridgehead atoms. The van der Waals surface area contributed by atoms with Crippen LogP contribution in [-0.4, -0.2) is 34.2 Å². The van der Waals surface area contributed by atoms with Gasteiger partial charge in [0.25, 0.3) is 0 Å². The molecule has 2 aromatic carbocycles. The molecule has 1 unspecified atom stereocenters. The molecule has 3 N–H and O–H groups in total. The molecule has 1 heterocycles. The van der Waals surface area contributed by atoms with Gasteiger partial charge in [-0.2, -0.15) is 0 Å². The fourth-order valence-electron chi connectivity index (χ4n) is 4.02. The van der Waals surface area contributed by atoms with Crippen molar-refractivity contribution in [1.82, 2.24) is 9.88 Å². The Kier molecular flexibility index (Phi) is 5.12. The Morgan fingerprint density at radius 1 is 1.22 bits per heavy atom. The lowest BCUT2D eigenvalue weighted by atomic mass is 9.87. The lowest BCUT2D eigenvalue weighted by Crippen LogP contribution is -2.40. The smallest absolute Gasteiger partial charge is 0.322 e. The number of aromatic amines is 1. The average molecular weight is 363 g/mol. The number of rotatable bonds is 5. The molecule has 5 heteroatoms. The maximum Gasteiger partial charge on any atom is 0.322 e. The first kappa shape index (κ1) is 17.6. The van der Waals surface area contributed by atoms with Gasteiger partial charge in [0.15, 0.2) is 0 Å². The first-order chi connectivity index (χ1) is 13.3. The largest absolute Gasteiger partial charge is 0.396 e. The van der Waals surface area contributed by atoms with E-state index >= 15 is 0 Å². The zero-order chi connectivity index (χ0) is 18.6. The summed E-state index contributed by atoms with van der Waals surface area (Å²) in [5.74, 6) is 0. The van der Waals surface area contributed by atoms with Gasteiger partial charge in [0.1, 0.15) is 0 Å². The maximum atomic E-state index is 13.1. The number of urea groups is 1. The fourth-order valence-corrected chi connectivity index (χ4v) is 4.02. The van der Waals surface area contributed by atoms with Crippen LogP contribution in [-0.2, 0) is 6.42 Å². The minimum atomic E-state index is -0.111. The van der Waals surface area contributed by atoms with Gasteiger partial charge in [0, 0.05) is 35.9 Å². The van der Waals surface area contributed by atoms with Crippen molar-refractivity contribution >= 4 is 22.6 Å². The zero-order valence-corrected chi connectivity index (χ0v) is 15.3. The van der Waals surface area contributed by atoms with E-state index in [-0.39, 0.29) is 18.7 Å². The Labute approximate surface area is 159 Å². The summed E-state index contributed by atoms with van der Waals surface area (Å²) in [5, 5.41) is 13.4. The number of anilines is 1. The molecule has 1 aliphatic rings. The van der Waals surface area contributed by atoms with Crippen LogP contribution in [0.15, 0.2) is 54.7 Å². The van der Waals surface area contributed by atoms with E-state index in [0.29, 0.717) is 13.0 Å². The lowest BCUT2D eigenvalue weighted by Gasteiger charge is -2.36. The first-order valence-electron chi connectivity index (χ1n) is 9.59. The van der Waals surface area contributed by atoms with Crippen LogP contribution in [0.1, 0.15) is 36.4 Å². The topological polar surface area (TPSA) is 68.4 Å². The van der Waals surface area contributed by atoms with Crippen LogP contribution in [0.25, 0.3) is 10.9 Å². The van der Waals surface area contributed by atoms with Crippen LogP contribution in [0.5, 0.6) is 0 Å². The van der Waals surface area contributed by atoms with Crippen molar-refractivity contribution < 1.29 is 9.90 Å². The standard InChI is InChI=1S/C22H25N3O2/c26-14-4-13-25(21-8-3-6-16-5-1-2-7-19(16)21)22(27)24-18-9-10-20-17(15-18)11-12-23-20/h1-2,5,7,9-12,15,21,23,26H,3-4,6,8,13-14H2,(H,24,27). The van der Waals surface area contributed by atoms with E-state index in [2.05, 4.69) is 28.5 Å². The molecule has 0 radical (unpaired) electrons. The number of aliphatic hydroxyl groups is 1. The van der Waals surface area contributed by atoms with Gasteiger partial charge in [-0.3, -0.25) is 0 Å². The van der Waals surface area contributed by atoms with Gasteiger partial charge in [0.2, 0.25) is 0 Å². The number of amides is 2. The molecular formula is C22H25N3O2. The number of aliphatic hydroxyl groups excluding tert-OH is 1.